The van der Waals surface area contributed by atoms with E-state index in [-0.39, 0.29) is 6.04 Å². The third-order valence-electron chi connectivity index (χ3n) is 4.55. The van der Waals surface area contributed by atoms with Crippen molar-refractivity contribution in [2.75, 3.05) is 18.4 Å². The van der Waals surface area contributed by atoms with Crippen LogP contribution in [0.3, 0.4) is 0 Å². The number of carboxylic acid groups (broad SMARTS) is 1. The van der Waals surface area contributed by atoms with Gasteiger partial charge >= 0.3 is 5.97 Å². The maximum atomic E-state index is 11.3. The molecule has 7 heteroatoms. The molecule has 0 aliphatic heterocycles. The molecule has 2 aromatic carbocycles. The van der Waals surface area contributed by atoms with Gasteiger partial charge in [0.25, 0.3) is 0 Å². The lowest BCUT2D eigenvalue weighted by molar-refractivity contribution is 0.0698. The number of carbonyl (C=O) groups is 1. The highest BCUT2D eigenvalue weighted by Gasteiger charge is 2.13. The van der Waals surface area contributed by atoms with E-state index >= 15 is 0 Å². The molecule has 2 atom stereocenters. The van der Waals surface area contributed by atoms with E-state index in [2.05, 4.69) is 10.6 Å². The van der Waals surface area contributed by atoms with Crippen LogP contribution >= 0.6 is 22.9 Å². The molecule has 0 radical (unpaired) electrons. The minimum Gasteiger partial charge on any atom is -0.478 e. The summed E-state index contributed by atoms with van der Waals surface area (Å²) < 4.78 is 0. The van der Waals surface area contributed by atoms with Gasteiger partial charge < -0.3 is 20.8 Å². The molecule has 0 aliphatic carbocycles. The summed E-state index contributed by atoms with van der Waals surface area (Å²) in [5.41, 5.74) is 2.95. The van der Waals surface area contributed by atoms with Crippen LogP contribution in [-0.2, 0) is 0 Å². The van der Waals surface area contributed by atoms with E-state index in [1.54, 1.807) is 23.6 Å². The Labute approximate surface area is 179 Å². The summed E-state index contributed by atoms with van der Waals surface area (Å²) in [6.07, 6.45) is -0.621. The zero-order valence-electron chi connectivity index (χ0n) is 15.9. The van der Waals surface area contributed by atoms with Gasteiger partial charge in [0.15, 0.2) is 0 Å². The highest BCUT2D eigenvalue weighted by molar-refractivity contribution is 7.14. The van der Waals surface area contributed by atoms with Crippen molar-refractivity contribution in [3.05, 3.63) is 76.1 Å². The Hall–Kier alpha value is -2.38. The van der Waals surface area contributed by atoms with Crippen LogP contribution in [0.4, 0.5) is 5.69 Å². The largest absolute Gasteiger partial charge is 0.478 e. The number of aliphatic hydroxyl groups excluding tert-OH is 1. The van der Waals surface area contributed by atoms with Crippen molar-refractivity contribution in [3.63, 3.8) is 0 Å². The van der Waals surface area contributed by atoms with Crippen molar-refractivity contribution in [2.24, 2.45) is 0 Å². The third kappa shape index (κ3) is 5.81. The molecule has 3 aromatic rings. The number of aliphatic hydroxyl groups is 1. The number of halogens is 1. The van der Waals surface area contributed by atoms with Gasteiger partial charge in [0.05, 0.1) is 11.7 Å². The predicted molar refractivity (Wildman–Crippen MR) is 119 cm³/mol. The molecule has 4 N–H and O–H groups in total. The lowest BCUT2D eigenvalue weighted by Gasteiger charge is -2.18. The summed E-state index contributed by atoms with van der Waals surface area (Å²) in [4.78, 5) is 12.0. The van der Waals surface area contributed by atoms with E-state index in [9.17, 15) is 15.0 Å². The zero-order chi connectivity index (χ0) is 20.8. The fourth-order valence-corrected chi connectivity index (χ4v) is 4.02. The molecule has 152 valence electrons. The first-order chi connectivity index (χ1) is 13.9. The number of anilines is 1. The highest BCUT2D eigenvalue weighted by atomic mass is 35.5. The number of nitrogens with one attached hydrogen (secondary N) is 2. The average Bonchev–Trinajstić information content (AvgIpc) is 3.21. The van der Waals surface area contributed by atoms with Crippen molar-refractivity contribution < 1.29 is 15.0 Å². The number of carboxylic acids is 1. The van der Waals surface area contributed by atoms with Gasteiger partial charge in [0.1, 0.15) is 0 Å². The zero-order valence-corrected chi connectivity index (χ0v) is 17.5. The molecule has 0 bridgehead atoms. The maximum Gasteiger partial charge on any atom is 0.337 e. The summed E-state index contributed by atoms with van der Waals surface area (Å²) in [6.45, 7) is 3.15. The fourth-order valence-electron chi connectivity index (χ4n) is 2.93. The van der Waals surface area contributed by atoms with Gasteiger partial charge in [0, 0.05) is 34.7 Å². The predicted octanol–water partition coefficient (Wildman–Crippen LogP) is 4.89. The maximum absolute atomic E-state index is 11.3. The third-order valence-corrected chi connectivity index (χ3v) is 5.75. The molecule has 0 saturated carbocycles. The number of hydrogen-bond acceptors (Lipinski definition) is 5. The van der Waals surface area contributed by atoms with Crippen LogP contribution in [0.25, 0.3) is 10.4 Å². The van der Waals surface area contributed by atoms with Gasteiger partial charge in [-0.25, -0.2) is 4.79 Å². The fraction of sp³-hybridized carbons (Fsp3) is 0.227. The van der Waals surface area contributed by atoms with E-state index in [0.717, 1.165) is 21.7 Å². The van der Waals surface area contributed by atoms with Crippen molar-refractivity contribution in [3.8, 4) is 10.4 Å². The lowest BCUT2D eigenvalue weighted by atomic mass is 10.1. The number of hydrogen-bond donors (Lipinski definition) is 4. The Balaban J connectivity index is 1.49. The summed E-state index contributed by atoms with van der Waals surface area (Å²) in [5.74, 6) is -0.914. The standard InChI is InChI=1S/C22H23ClN2O3S/c1-14(24-13-20(26)16-3-2-4-17(23)11-16)12-25-18-7-5-15(6-8-18)21-19(22(27)28)9-10-29-21/h2-11,14,20,24-26H,12-13H2,1H3,(H,27,28)/t14-,20+/m1/s1. The van der Waals surface area contributed by atoms with Gasteiger partial charge in [-0.3, -0.25) is 0 Å². The minimum absolute atomic E-state index is 0.138. The second-order valence-electron chi connectivity index (χ2n) is 6.81. The van der Waals surface area contributed by atoms with Crippen molar-refractivity contribution in [2.45, 2.75) is 19.1 Å². The summed E-state index contributed by atoms with van der Waals surface area (Å²) in [6, 6.07) is 16.7. The Bertz CT molecular complexity index is 959. The first kappa shape index (κ1) is 21.3. The van der Waals surface area contributed by atoms with E-state index in [1.165, 1.54) is 11.3 Å². The molecular formula is C22H23ClN2O3S. The minimum atomic E-state index is -0.914. The van der Waals surface area contributed by atoms with Gasteiger partial charge in [-0.1, -0.05) is 35.9 Å². The van der Waals surface area contributed by atoms with Crippen LogP contribution in [0.15, 0.2) is 60.0 Å². The number of aromatic carboxylic acids is 1. The Morgan fingerprint density at radius 1 is 1.14 bits per heavy atom. The molecule has 0 amide bonds. The van der Waals surface area contributed by atoms with E-state index in [1.807, 2.05) is 43.3 Å². The van der Waals surface area contributed by atoms with Gasteiger partial charge in [-0.15, -0.1) is 11.3 Å². The average molecular weight is 431 g/mol. The summed E-state index contributed by atoms with van der Waals surface area (Å²) in [5, 5.41) is 28.6. The van der Waals surface area contributed by atoms with Gasteiger partial charge in [0.2, 0.25) is 0 Å². The first-order valence-corrected chi connectivity index (χ1v) is 10.5. The van der Waals surface area contributed by atoms with Crippen molar-refractivity contribution in [1.29, 1.82) is 0 Å². The Kier molecular flexibility index (Phi) is 7.28. The van der Waals surface area contributed by atoms with Crippen LogP contribution in [0.1, 0.15) is 28.9 Å². The number of thiophene rings is 1. The molecule has 1 aromatic heterocycles. The van der Waals surface area contributed by atoms with Crippen LogP contribution in [-0.4, -0.2) is 35.3 Å². The Morgan fingerprint density at radius 3 is 2.59 bits per heavy atom. The monoisotopic (exact) mass is 430 g/mol. The van der Waals surface area contributed by atoms with E-state index in [0.29, 0.717) is 23.7 Å². The van der Waals surface area contributed by atoms with Crippen LogP contribution < -0.4 is 10.6 Å². The molecule has 0 spiro atoms. The van der Waals surface area contributed by atoms with E-state index < -0.39 is 12.1 Å². The number of rotatable bonds is 9. The van der Waals surface area contributed by atoms with Gasteiger partial charge in [-0.2, -0.15) is 0 Å². The van der Waals surface area contributed by atoms with Crippen molar-refractivity contribution >= 4 is 34.6 Å². The molecule has 0 aliphatic rings. The highest BCUT2D eigenvalue weighted by Crippen LogP contribution is 2.30. The van der Waals surface area contributed by atoms with Crippen LogP contribution in [0.2, 0.25) is 5.02 Å². The normalized spacial score (nSPS) is 13.1. The quantitative estimate of drug-likeness (QED) is 0.388. The lowest BCUT2D eigenvalue weighted by Crippen LogP contribution is -2.35. The summed E-state index contributed by atoms with van der Waals surface area (Å²) >= 11 is 7.39. The first-order valence-electron chi connectivity index (χ1n) is 9.26. The second kappa shape index (κ2) is 9.89. The van der Waals surface area contributed by atoms with Crippen LogP contribution in [0.5, 0.6) is 0 Å². The van der Waals surface area contributed by atoms with Crippen molar-refractivity contribution in [1.82, 2.24) is 5.32 Å². The smallest absolute Gasteiger partial charge is 0.337 e. The molecule has 0 saturated heterocycles. The summed E-state index contributed by atoms with van der Waals surface area (Å²) in [7, 11) is 0. The number of benzene rings is 2. The van der Waals surface area contributed by atoms with Gasteiger partial charge in [-0.05, 0) is 53.8 Å². The molecule has 29 heavy (non-hydrogen) atoms. The molecule has 1 heterocycles. The molecule has 3 rings (SSSR count). The van der Waals surface area contributed by atoms with Crippen LogP contribution in [0, 0.1) is 0 Å². The van der Waals surface area contributed by atoms with E-state index in [4.69, 9.17) is 11.6 Å². The molecule has 0 unspecified atom stereocenters. The Morgan fingerprint density at radius 2 is 1.90 bits per heavy atom. The molecular weight excluding hydrogens is 408 g/mol. The second-order valence-corrected chi connectivity index (χ2v) is 8.16. The molecule has 5 nitrogen and oxygen atoms in total. The topological polar surface area (TPSA) is 81.6 Å². The molecule has 0 fully saturated rings. The SMILES string of the molecule is C[C@H](CNc1ccc(-c2sccc2C(=O)O)cc1)NC[C@H](O)c1cccc(Cl)c1.